The van der Waals surface area contributed by atoms with Crippen LogP contribution in [-0.2, 0) is 21.2 Å². The Balaban J connectivity index is 1.36. The molecule has 8 nitrogen and oxygen atoms in total. The molecule has 0 bridgehead atoms. The number of fused-ring (bicyclic) bond motifs is 1. The number of ether oxygens (including phenoxy) is 1. The summed E-state index contributed by atoms with van der Waals surface area (Å²) in [5, 5.41) is 7.94. The Hall–Kier alpha value is -3.37. The Morgan fingerprint density at radius 1 is 1.00 bits per heavy atom. The van der Waals surface area contributed by atoms with Crippen LogP contribution in [0.3, 0.4) is 0 Å². The van der Waals surface area contributed by atoms with Gasteiger partial charge in [-0.25, -0.2) is 8.42 Å². The summed E-state index contributed by atoms with van der Waals surface area (Å²) in [5.74, 6) is -0.0217. The minimum Gasteiger partial charge on any atom is -0.495 e. The Bertz CT molecular complexity index is 1570. The van der Waals surface area contributed by atoms with Crippen molar-refractivity contribution in [3.63, 3.8) is 0 Å². The van der Waals surface area contributed by atoms with Gasteiger partial charge in [-0.2, -0.15) is 4.31 Å². The number of rotatable bonds is 13. The van der Waals surface area contributed by atoms with E-state index in [0.717, 1.165) is 22.2 Å². The number of benzene rings is 3. The van der Waals surface area contributed by atoms with Crippen molar-refractivity contribution < 1.29 is 17.9 Å². The van der Waals surface area contributed by atoms with Crippen LogP contribution in [0.1, 0.15) is 12.0 Å². The molecule has 0 unspecified atom stereocenters. The summed E-state index contributed by atoms with van der Waals surface area (Å²) < 4.78 is 33.4. The predicted octanol–water partition coefficient (Wildman–Crippen LogP) is 5.40. The van der Waals surface area contributed by atoms with E-state index in [0.29, 0.717) is 36.7 Å². The zero-order valence-electron chi connectivity index (χ0n) is 21.9. The number of pyridine rings is 1. The second kappa shape index (κ2) is 13.8. The Labute approximate surface area is 244 Å². The van der Waals surface area contributed by atoms with E-state index in [1.54, 1.807) is 12.3 Å². The number of carbonyl (C=O) groups excluding carboxylic acids is 1. The third-order valence-corrected chi connectivity index (χ3v) is 8.64. The van der Waals surface area contributed by atoms with E-state index in [-0.39, 0.29) is 28.9 Å². The molecule has 0 spiro atoms. The molecular weight excluding hydrogens is 571 g/mol. The van der Waals surface area contributed by atoms with Gasteiger partial charge in [0.25, 0.3) is 0 Å². The lowest BCUT2D eigenvalue weighted by Gasteiger charge is -2.22. The standard InChI is InChI=1S/C29H30Cl2N4O4S/c1-39-28-11-9-23(19-25(28)31)40(37,38)35(17-13-21-6-3-2-4-7-21)20-29(36)34-15-5-14-32-26-12-16-33-27-18-22(30)8-10-24(26)27/h2-4,6-12,16,18-19H,5,13-15,17,20H2,1H3,(H,32,33)(H,34,36). The van der Waals surface area contributed by atoms with Crippen molar-refractivity contribution in [1.82, 2.24) is 14.6 Å². The van der Waals surface area contributed by atoms with Gasteiger partial charge in [0.05, 0.1) is 29.1 Å². The van der Waals surface area contributed by atoms with Gasteiger partial charge in [-0.3, -0.25) is 9.78 Å². The van der Waals surface area contributed by atoms with Crippen LogP contribution in [0.2, 0.25) is 10.0 Å². The molecule has 0 atom stereocenters. The maximum atomic E-state index is 13.5. The normalized spacial score (nSPS) is 11.5. The van der Waals surface area contributed by atoms with Gasteiger partial charge in [0, 0.05) is 41.9 Å². The number of hydrogen-bond donors (Lipinski definition) is 2. The molecule has 0 radical (unpaired) electrons. The van der Waals surface area contributed by atoms with Crippen molar-refractivity contribution in [2.45, 2.75) is 17.7 Å². The number of nitrogens with zero attached hydrogens (tertiary/aromatic N) is 2. The van der Waals surface area contributed by atoms with Crippen molar-refractivity contribution in [3.8, 4) is 5.75 Å². The zero-order valence-corrected chi connectivity index (χ0v) is 24.3. The third kappa shape index (κ3) is 7.63. The van der Waals surface area contributed by atoms with Gasteiger partial charge >= 0.3 is 0 Å². The van der Waals surface area contributed by atoms with Crippen LogP contribution in [0.15, 0.2) is 83.9 Å². The number of halogens is 2. The van der Waals surface area contributed by atoms with Crippen LogP contribution in [0, 0.1) is 0 Å². The van der Waals surface area contributed by atoms with Gasteiger partial charge in [-0.05, 0) is 60.9 Å². The van der Waals surface area contributed by atoms with E-state index in [1.165, 1.54) is 29.6 Å². The smallest absolute Gasteiger partial charge is 0.243 e. The topological polar surface area (TPSA) is 101 Å². The van der Waals surface area contributed by atoms with E-state index in [1.807, 2.05) is 48.5 Å². The number of anilines is 1. The van der Waals surface area contributed by atoms with E-state index in [4.69, 9.17) is 27.9 Å². The predicted molar refractivity (Wildman–Crippen MR) is 160 cm³/mol. The lowest BCUT2D eigenvalue weighted by atomic mass is 10.1. The van der Waals surface area contributed by atoms with Crippen molar-refractivity contribution >= 4 is 55.7 Å². The molecular formula is C29H30Cl2N4O4S. The van der Waals surface area contributed by atoms with Crippen LogP contribution < -0.4 is 15.4 Å². The maximum absolute atomic E-state index is 13.5. The number of methoxy groups -OCH3 is 1. The van der Waals surface area contributed by atoms with Crippen LogP contribution >= 0.6 is 23.2 Å². The molecule has 1 heterocycles. The minimum absolute atomic E-state index is 0.00535. The van der Waals surface area contributed by atoms with Crippen molar-refractivity contribution in [2.75, 3.05) is 38.6 Å². The summed E-state index contributed by atoms with van der Waals surface area (Å²) >= 11 is 12.3. The second-order valence-corrected chi connectivity index (χ2v) is 11.8. The molecule has 0 aliphatic carbocycles. The summed E-state index contributed by atoms with van der Waals surface area (Å²) in [5.41, 5.74) is 2.68. The van der Waals surface area contributed by atoms with Gasteiger partial charge in [-0.15, -0.1) is 0 Å². The molecule has 0 aliphatic rings. The SMILES string of the molecule is COc1ccc(S(=O)(=O)N(CCc2ccccc2)CC(=O)NCCCNc2ccnc3cc(Cl)ccc23)cc1Cl. The summed E-state index contributed by atoms with van der Waals surface area (Å²) in [6, 6.07) is 21.2. The highest BCUT2D eigenvalue weighted by molar-refractivity contribution is 7.89. The van der Waals surface area contributed by atoms with E-state index < -0.39 is 10.0 Å². The molecule has 4 rings (SSSR count). The number of sulfonamides is 1. The van der Waals surface area contributed by atoms with Gasteiger partial charge < -0.3 is 15.4 Å². The van der Waals surface area contributed by atoms with Crippen LogP contribution in [0.5, 0.6) is 5.75 Å². The van der Waals surface area contributed by atoms with Crippen molar-refractivity contribution in [2.24, 2.45) is 0 Å². The number of aromatic nitrogens is 1. The average Bonchev–Trinajstić information content (AvgIpc) is 2.95. The summed E-state index contributed by atoms with van der Waals surface area (Å²) in [6.07, 6.45) is 2.80. The average molecular weight is 602 g/mol. The first-order chi connectivity index (χ1) is 19.3. The first-order valence-electron chi connectivity index (χ1n) is 12.7. The fourth-order valence-corrected chi connectivity index (χ4v) is 6.08. The van der Waals surface area contributed by atoms with Crippen LogP contribution in [0.25, 0.3) is 10.9 Å². The second-order valence-electron chi connectivity index (χ2n) is 9.02. The summed E-state index contributed by atoms with van der Waals surface area (Å²) in [4.78, 5) is 17.2. The zero-order chi connectivity index (χ0) is 28.5. The largest absolute Gasteiger partial charge is 0.495 e. The Morgan fingerprint density at radius 2 is 1.80 bits per heavy atom. The van der Waals surface area contributed by atoms with E-state index in [9.17, 15) is 13.2 Å². The lowest BCUT2D eigenvalue weighted by molar-refractivity contribution is -0.121. The fraction of sp³-hybridized carbons (Fsp3) is 0.241. The highest BCUT2D eigenvalue weighted by atomic mass is 35.5. The molecule has 0 aliphatic heterocycles. The first-order valence-corrected chi connectivity index (χ1v) is 14.9. The molecule has 11 heteroatoms. The van der Waals surface area contributed by atoms with Crippen LogP contribution in [0.4, 0.5) is 5.69 Å². The Kier molecular flexibility index (Phi) is 10.2. The molecule has 210 valence electrons. The first kappa shape index (κ1) is 29.6. The quantitative estimate of drug-likeness (QED) is 0.199. The number of carbonyl (C=O) groups is 1. The molecule has 0 saturated heterocycles. The molecule has 0 fully saturated rings. The van der Waals surface area contributed by atoms with Crippen LogP contribution in [-0.4, -0.2) is 56.9 Å². The molecule has 4 aromatic rings. The van der Waals surface area contributed by atoms with E-state index in [2.05, 4.69) is 15.6 Å². The highest BCUT2D eigenvalue weighted by Crippen LogP contribution is 2.28. The minimum atomic E-state index is -4.00. The molecule has 0 saturated carbocycles. The van der Waals surface area contributed by atoms with Gasteiger partial charge in [0.1, 0.15) is 5.75 Å². The number of amides is 1. The Morgan fingerprint density at radius 3 is 2.55 bits per heavy atom. The highest BCUT2D eigenvalue weighted by Gasteiger charge is 2.27. The third-order valence-electron chi connectivity index (χ3n) is 6.27. The number of nitrogens with one attached hydrogen (secondary N) is 2. The monoisotopic (exact) mass is 600 g/mol. The van der Waals surface area contributed by atoms with Gasteiger partial charge in [0.2, 0.25) is 15.9 Å². The summed E-state index contributed by atoms with van der Waals surface area (Å²) in [7, 11) is -2.55. The summed E-state index contributed by atoms with van der Waals surface area (Å²) in [6.45, 7) is 0.788. The van der Waals surface area contributed by atoms with Gasteiger partial charge in [-0.1, -0.05) is 53.5 Å². The lowest BCUT2D eigenvalue weighted by Crippen LogP contribution is -2.42. The fourth-order valence-electron chi connectivity index (χ4n) is 4.17. The van der Waals surface area contributed by atoms with Crippen molar-refractivity contribution in [1.29, 1.82) is 0 Å². The van der Waals surface area contributed by atoms with Gasteiger partial charge in [0.15, 0.2) is 0 Å². The molecule has 40 heavy (non-hydrogen) atoms. The molecule has 1 amide bonds. The molecule has 3 aromatic carbocycles. The molecule has 1 aromatic heterocycles. The van der Waals surface area contributed by atoms with E-state index >= 15 is 0 Å². The number of hydrogen-bond acceptors (Lipinski definition) is 6. The maximum Gasteiger partial charge on any atom is 0.243 e. The molecule has 2 N–H and O–H groups in total. The van der Waals surface area contributed by atoms with Crippen molar-refractivity contribution in [3.05, 3.63) is 94.6 Å².